The minimum absolute atomic E-state index is 0.0189. The lowest BCUT2D eigenvalue weighted by Crippen LogP contribution is -2.41. The van der Waals surface area contributed by atoms with E-state index in [1.807, 2.05) is 6.07 Å². The number of aromatic nitrogens is 2. The molecule has 1 saturated carbocycles. The Balaban J connectivity index is 1.83. The molecule has 1 aliphatic heterocycles. The molecule has 5 heteroatoms. The summed E-state index contributed by atoms with van der Waals surface area (Å²) >= 11 is 0. The molecule has 0 radical (unpaired) electrons. The van der Waals surface area contributed by atoms with Gasteiger partial charge in [0.15, 0.2) is 0 Å². The van der Waals surface area contributed by atoms with E-state index in [0.29, 0.717) is 5.82 Å². The fourth-order valence-corrected chi connectivity index (χ4v) is 2.53. The maximum absolute atomic E-state index is 10.6. The van der Waals surface area contributed by atoms with Gasteiger partial charge in [-0.3, -0.25) is 0 Å². The molecule has 1 aromatic heterocycles. The van der Waals surface area contributed by atoms with Crippen LogP contribution in [0.4, 0.5) is 5.82 Å². The van der Waals surface area contributed by atoms with Gasteiger partial charge in [-0.2, -0.15) is 0 Å². The average molecular weight is 233 g/mol. The maximum Gasteiger partial charge on any atom is 0.141 e. The van der Waals surface area contributed by atoms with Crippen molar-refractivity contribution in [3.8, 4) is 0 Å². The summed E-state index contributed by atoms with van der Waals surface area (Å²) in [7, 11) is 0. The number of rotatable bonds is 4. The van der Waals surface area contributed by atoms with Crippen LogP contribution in [0, 0.1) is 0 Å². The Hall–Kier alpha value is -1.49. The van der Waals surface area contributed by atoms with Crippen molar-refractivity contribution in [2.75, 3.05) is 11.9 Å². The first-order valence-corrected chi connectivity index (χ1v) is 5.78. The molecule has 1 saturated heterocycles. The van der Waals surface area contributed by atoms with Crippen molar-refractivity contribution in [2.45, 2.75) is 37.3 Å². The molecule has 0 aromatic carbocycles. The fourth-order valence-electron chi connectivity index (χ4n) is 2.53. The highest BCUT2D eigenvalue weighted by atomic mass is 16.5. The van der Waals surface area contributed by atoms with Crippen molar-refractivity contribution in [1.29, 1.82) is 0 Å². The van der Waals surface area contributed by atoms with Gasteiger partial charge < -0.3 is 14.8 Å². The lowest BCUT2D eigenvalue weighted by Gasteiger charge is -2.32. The molecule has 17 heavy (non-hydrogen) atoms. The molecule has 3 atom stereocenters. The van der Waals surface area contributed by atoms with Gasteiger partial charge in [-0.15, -0.1) is 0 Å². The summed E-state index contributed by atoms with van der Waals surface area (Å²) in [5.74, 6) is 0.699. The van der Waals surface area contributed by atoms with Crippen LogP contribution in [-0.2, 0) is 14.9 Å². The van der Waals surface area contributed by atoms with Crippen molar-refractivity contribution < 1.29 is 9.53 Å². The number of ether oxygens (including phenoxy) is 1. The number of fused-ring (bicyclic) bond motifs is 1. The van der Waals surface area contributed by atoms with Gasteiger partial charge in [-0.1, -0.05) is 0 Å². The molecule has 0 amide bonds. The quantitative estimate of drug-likeness (QED) is 0.783. The summed E-state index contributed by atoms with van der Waals surface area (Å²) in [6.07, 6.45) is 3.43. The van der Waals surface area contributed by atoms with Gasteiger partial charge in [0.1, 0.15) is 18.4 Å². The van der Waals surface area contributed by atoms with Crippen molar-refractivity contribution >= 4 is 12.1 Å². The van der Waals surface area contributed by atoms with Gasteiger partial charge in [0.2, 0.25) is 0 Å². The van der Waals surface area contributed by atoms with E-state index in [9.17, 15) is 4.79 Å². The minimum Gasteiger partial charge on any atom is -0.373 e. The Kier molecular flexibility index (Phi) is 2.04. The number of nitrogens with zero attached hydrogens (tertiary/aromatic N) is 2. The van der Waals surface area contributed by atoms with E-state index < -0.39 is 0 Å². The van der Waals surface area contributed by atoms with Crippen LogP contribution < -0.4 is 5.32 Å². The predicted octanol–water partition coefficient (Wildman–Crippen LogP) is 0.906. The number of anilines is 1. The first-order chi connectivity index (χ1) is 8.10. The van der Waals surface area contributed by atoms with Crippen LogP contribution in [0.15, 0.2) is 12.4 Å². The first kappa shape index (κ1) is 10.7. The van der Waals surface area contributed by atoms with Crippen LogP contribution >= 0.6 is 0 Å². The van der Waals surface area contributed by atoms with E-state index in [1.165, 1.54) is 0 Å². The second kappa shape index (κ2) is 3.26. The zero-order valence-electron chi connectivity index (χ0n) is 9.93. The Morgan fingerprint density at radius 1 is 1.59 bits per heavy atom. The van der Waals surface area contributed by atoms with E-state index in [2.05, 4.69) is 22.2 Å². The van der Waals surface area contributed by atoms with Crippen LogP contribution in [0.2, 0.25) is 0 Å². The lowest BCUT2D eigenvalue weighted by atomic mass is 9.94. The Labute approximate surface area is 99.6 Å². The highest BCUT2D eigenvalue weighted by Gasteiger charge is 2.75. The zero-order chi connectivity index (χ0) is 12.1. The molecule has 90 valence electrons. The van der Waals surface area contributed by atoms with Gasteiger partial charge in [0, 0.05) is 6.07 Å². The molecule has 0 bridgehead atoms. The molecule has 2 unspecified atom stereocenters. The van der Waals surface area contributed by atoms with Crippen LogP contribution in [0.1, 0.15) is 26.0 Å². The van der Waals surface area contributed by atoms with Gasteiger partial charge in [-0.25, -0.2) is 9.97 Å². The highest BCUT2D eigenvalue weighted by molar-refractivity contribution is 5.62. The number of hydrogen-bond acceptors (Lipinski definition) is 5. The van der Waals surface area contributed by atoms with Gasteiger partial charge in [0.25, 0.3) is 0 Å². The molecule has 0 spiro atoms. The number of carbonyl (C=O) groups excluding carboxylic acids is 1. The summed E-state index contributed by atoms with van der Waals surface area (Å²) in [4.78, 5) is 19.0. The predicted molar refractivity (Wildman–Crippen MR) is 61.8 cm³/mol. The molecule has 1 aromatic rings. The highest BCUT2D eigenvalue weighted by Crippen LogP contribution is 2.66. The van der Waals surface area contributed by atoms with E-state index in [1.54, 1.807) is 13.3 Å². The number of aldehydes is 1. The number of carbonyl (C=O) groups is 1. The van der Waals surface area contributed by atoms with Crippen molar-refractivity contribution in [3.05, 3.63) is 18.1 Å². The summed E-state index contributed by atoms with van der Waals surface area (Å²) in [5.41, 5.74) is 1.09. The van der Waals surface area contributed by atoms with E-state index in [4.69, 9.17) is 4.74 Å². The van der Waals surface area contributed by atoms with Crippen LogP contribution in [0.5, 0.6) is 0 Å². The molecule has 3 rings (SSSR count). The third-order valence-corrected chi connectivity index (χ3v) is 3.90. The number of nitrogens with one attached hydrogen (secondary N) is 1. The van der Waals surface area contributed by atoms with Gasteiger partial charge in [0.05, 0.1) is 29.4 Å². The lowest BCUT2D eigenvalue weighted by molar-refractivity contribution is -0.108. The van der Waals surface area contributed by atoms with Gasteiger partial charge >= 0.3 is 0 Å². The third-order valence-electron chi connectivity index (χ3n) is 3.90. The maximum atomic E-state index is 10.6. The fraction of sp³-hybridized carbons (Fsp3) is 0.583. The smallest absolute Gasteiger partial charge is 0.141 e. The average Bonchev–Trinajstić information content (AvgIpc) is 2.76. The molecule has 1 N–H and O–H groups in total. The normalized spacial score (nSPS) is 35.4. The van der Waals surface area contributed by atoms with Crippen LogP contribution in [0.3, 0.4) is 0 Å². The second-order valence-electron chi connectivity index (χ2n) is 5.14. The largest absolute Gasteiger partial charge is 0.373 e. The summed E-state index contributed by atoms with van der Waals surface area (Å²) < 4.78 is 5.56. The van der Waals surface area contributed by atoms with Crippen LogP contribution in [-0.4, -0.2) is 34.5 Å². The van der Waals surface area contributed by atoms with Gasteiger partial charge in [-0.05, 0) is 20.3 Å². The molecule has 2 aliphatic rings. The standard InChI is InChI=1S/C12H15N3O2/c1-8(4-16)15-10-3-9(13-7-14-10)12-5-11(12,2)17-6-12/h3-4,7-8H,5-6H2,1-2H3,(H,13,14,15)/t8-,11?,12?/m1/s1. The Morgan fingerprint density at radius 3 is 2.94 bits per heavy atom. The van der Waals surface area contributed by atoms with Crippen molar-refractivity contribution in [2.24, 2.45) is 0 Å². The molecule has 2 fully saturated rings. The topological polar surface area (TPSA) is 64.1 Å². The molecule has 2 heterocycles. The summed E-state index contributed by atoms with van der Waals surface area (Å²) in [6, 6.07) is 1.69. The summed E-state index contributed by atoms with van der Waals surface area (Å²) in [6.45, 7) is 4.64. The Bertz CT molecular complexity index is 479. The first-order valence-electron chi connectivity index (χ1n) is 5.78. The zero-order valence-corrected chi connectivity index (χ0v) is 9.93. The molecular weight excluding hydrogens is 218 g/mol. The summed E-state index contributed by atoms with van der Waals surface area (Å²) in [5, 5.41) is 3.02. The molecule has 1 aliphatic carbocycles. The van der Waals surface area contributed by atoms with Crippen molar-refractivity contribution in [3.63, 3.8) is 0 Å². The van der Waals surface area contributed by atoms with E-state index in [0.717, 1.165) is 25.0 Å². The van der Waals surface area contributed by atoms with Crippen LogP contribution in [0.25, 0.3) is 0 Å². The monoisotopic (exact) mass is 233 g/mol. The second-order valence-corrected chi connectivity index (χ2v) is 5.14. The SMILES string of the molecule is C[C@H](C=O)Nc1cc(C23COC2(C)C3)ncn1. The Morgan fingerprint density at radius 2 is 2.41 bits per heavy atom. The molecular formula is C12H15N3O2. The third kappa shape index (κ3) is 1.38. The van der Waals surface area contributed by atoms with E-state index >= 15 is 0 Å². The number of hydrogen-bond donors (Lipinski definition) is 1. The molecule has 5 nitrogen and oxygen atoms in total. The van der Waals surface area contributed by atoms with Crippen molar-refractivity contribution in [1.82, 2.24) is 9.97 Å². The minimum atomic E-state index is -0.238. The van der Waals surface area contributed by atoms with E-state index in [-0.39, 0.29) is 17.1 Å².